The number of benzene rings is 1. The minimum atomic E-state index is -0.359. The van der Waals surface area contributed by atoms with Gasteiger partial charge in [0, 0.05) is 30.5 Å². The van der Waals surface area contributed by atoms with Gasteiger partial charge in [-0.25, -0.2) is 0 Å². The molecule has 0 aliphatic heterocycles. The normalized spacial score (nSPS) is 12.1. The van der Waals surface area contributed by atoms with E-state index in [1.165, 1.54) is 4.57 Å². The van der Waals surface area contributed by atoms with Crippen LogP contribution in [0.15, 0.2) is 45.8 Å². The van der Waals surface area contributed by atoms with Gasteiger partial charge in [-0.05, 0) is 53.8 Å². The molecule has 0 radical (unpaired) electrons. The summed E-state index contributed by atoms with van der Waals surface area (Å²) < 4.78 is 2.32. The van der Waals surface area contributed by atoms with E-state index in [4.69, 9.17) is 0 Å². The third kappa shape index (κ3) is 4.04. The summed E-state index contributed by atoms with van der Waals surface area (Å²) >= 11 is 3.38. The molecule has 0 spiro atoms. The van der Waals surface area contributed by atoms with E-state index in [-0.39, 0.29) is 17.5 Å². The predicted molar refractivity (Wildman–Crippen MR) is 99.6 cm³/mol. The fraction of sp³-hybridized carbons (Fsp3) is 0.294. The Hall–Kier alpha value is -2.12. The first-order chi connectivity index (χ1) is 11.3. The highest BCUT2D eigenvalue weighted by molar-refractivity contribution is 9.10. The lowest BCUT2D eigenvalue weighted by molar-refractivity contribution is -0.125. The summed E-state index contributed by atoms with van der Waals surface area (Å²) in [5.74, 6) is -0.0680. The zero-order valence-electron chi connectivity index (χ0n) is 14.1. The predicted octanol–water partition coefficient (Wildman–Crippen LogP) is 2.24. The fourth-order valence-corrected chi connectivity index (χ4v) is 3.02. The quantitative estimate of drug-likeness (QED) is 0.818. The van der Waals surface area contributed by atoms with E-state index in [9.17, 15) is 9.59 Å². The zero-order valence-corrected chi connectivity index (χ0v) is 15.7. The number of pyridine rings is 1. The van der Waals surface area contributed by atoms with Crippen molar-refractivity contribution in [2.24, 2.45) is 7.05 Å². The molecule has 24 heavy (non-hydrogen) atoms. The van der Waals surface area contributed by atoms with Crippen LogP contribution in [-0.2, 0) is 11.8 Å². The number of carbonyl (C=O) groups excluding carboxylic acids is 1. The first kappa shape index (κ1) is 18.2. The van der Waals surface area contributed by atoms with E-state index in [1.807, 2.05) is 43.3 Å². The van der Waals surface area contributed by atoms with Crippen LogP contribution >= 0.6 is 15.9 Å². The van der Waals surface area contributed by atoms with Gasteiger partial charge in [0.15, 0.2) is 0 Å². The number of anilines is 2. The lowest BCUT2D eigenvalue weighted by atomic mass is 10.0. The van der Waals surface area contributed by atoms with Gasteiger partial charge in [-0.3, -0.25) is 14.5 Å². The van der Waals surface area contributed by atoms with Crippen LogP contribution in [0.4, 0.5) is 11.4 Å². The molecule has 2 rings (SSSR count). The van der Waals surface area contributed by atoms with Crippen molar-refractivity contribution in [1.29, 1.82) is 0 Å². The second kappa shape index (κ2) is 7.63. The maximum Gasteiger partial charge on any atom is 0.274 e. The Morgan fingerprint density at radius 3 is 2.42 bits per heavy atom. The fourth-order valence-electron chi connectivity index (χ4n) is 2.49. The van der Waals surface area contributed by atoms with Gasteiger partial charge in [0.2, 0.25) is 5.91 Å². The number of likely N-dealkylation sites (N-methyl/N-ethyl adjacent to an activating group) is 2. The first-order valence-electron chi connectivity index (χ1n) is 7.44. The monoisotopic (exact) mass is 392 g/mol. The second-order valence-electron chi connectivity index (χ2n) is 5.72. The molecule has 2 N–H and O–H groups in total. The van der Waals surface area contributed by atoms with E-state index in [2.05, 4.69) is 26.6 Å². The van der Waals surface area contributed by atoms with Gasteiger partial charge in [-0.2, -0.15) is 0 Å². The van der Waals surface area contributed by atoms with Crippen LogP contribution in [-0.4, -0.2) is 36.5 Å². The molecule has 0 fully saturated rings. The van der Waals surface area contributed by atoms with Crippen LogP contribution in [0.25, 0.3) is 0 Å². The molecule has 1 atom stereocenters. The van der Waals surface area contributed by atoms with Crippen molar-refractivity contribution in [1.82, 2.24) is 14.8 Å². The standard InChI is InChI=1S/C17H21BrN4O2/c1-19-16(23)15(21(2)3)11-5-7-13(8-6-11)20-14-9-12(18)10-22(4)17(14)24/h5-10,15,20H,1-4H3,(H,19,23). The number of carbonyl (C=O) groups is 1. The van der Waals surface area contributed by atoms with Crippen molar-refractivity contribution in [3.8, 4) is 0 Å². The van der Waals surface area contributed by atoms with E-state index in [0.29, 0.717) is 5.69 Å². The number of hydrogen-bond acceptors (Lipinski definition) is 4. The molecule has 0 saturated carbocycles. The highest BCUT2D eigenvalue weighted by atomic mass is 79.9. The summed E-state index contributed by atoms with van der Waals surface area (Å²) in [5, 5.41) is 5.79. The van der Waals surface area contributed by atoms with E-state index < -0.39 is 0 Å². The average molecular weight is 393 g/mol. The minimum absolute atomic E-state index is 0.0680. The molecule has 1 heterocycles. The number of nitrogens with one attached hydrogen (secondary N) is 2. The number of halogens is 1. The molecule has 128 valence electrons. The van der Waals surface area contributed by atoms with Crippen LogP contribution in [0.5, 0.6) is 0 Å². The Balaban J connectivity index is 2.27. The van der Waals surface area contributed by atoms with Crippen molar-refractivity contribution in [3.63, 3.8) is 0 Å². The summed E-state index contributed by atoms with van der Waals surface area (Å²) in [5.41, 5.74) is 2.03. The van der Waals surface area contributed by atoms with Crippen molar-refractivity contribution < 1.29 is 4.79 Å². The molecule has 7 heteroatoms. The number of amides is 1. The van der Waals surface area contributed by atoms with Crippen LogP contribution in [0.2, 0.25) is 0 Å². The third-order valence-electron chi connectivity index (χ3n) is 3.67. The second-order valence-corrected chi connectivity index (χ2v) is 6.63. The molecule has 1 unspecified atom stereocenters. The molecule has 0 saturated heterocycles. The molecule has 1 amide bonds. The number of aromatic nitrogens is 1. The van der Waals surface area contributed by atoms with Gasteiger partial charge in [0.05, 0.1) is 0 Å². The highest BCUT2D eigenvalue weighted by Gasteiger charge is 2.21. The molecule has 0 aliphatic carbocycles. The van der Waals surface area contributed by atoms with Crippen LogP contribution in [0, 0.1) is 0 Å². The maximum atomic E-state index is 12.1. The summed E-state index contributed by atoms with van der Waals surface area (Å²) in [4.78, 5) is 26.0. The molecule has 2 aromatic rings. The number of nitrogens with zero attached hydrogens (tertiary/aromatic N) is 2. The van der Waals surface area contributed by atoms with Crippen LogP contribution < -0.4 is 16.2 Å². The van der Waals surface area contributed by atoms with Crippen molar-refractivity contribution in [3.05, 3.63) is 56.9 Å². The van der Waals surface area contributed by atoms with Gasteiger partial charge in [0.1, 0.15) is 11.7 Å². The third-order valence-corrected chi connectivity index (χ3v) is 4.10. The maximum absolute atomic E-state index is 12.1. The smallest absolute Gasteiger partial charge is 0.274 e. The van der Waals surface area contributed by atoms with Crippen molar-refractivity contribution in [2.45, 2.75) is 6.04 Å². The Kier molecular flexibility index (Phi) is 5.80. The first-order valence-corrected chi connectivity index (χ1v) is 8.24. The topological polar surface area (TPSA) is 66.4 Å². The van der Waals surface area contributed by atoms with E-state index in [1.54, 1.807) is 26.4 Å². The molecule has 0 bridgehead atoms. The summed E-state index contributed by atoms with van der Waals surface area (Å²) in [6.07, 6.45) is 1.71. The minimum Gasteiger partial charge on any atom is -0.358 e. The van der Waals surface area contributed by atoms with Gasteiger partial charge < -0.3 is 15.2 Å². The molecule has 1 aromatic carbocycles. The van der Waals surface area contributed by atoms with Gasteiger partial charge in [-0.15, -0.1) is 0 Å². The molecule has 1 aromatic heterocycles. The van der Waals surface area contributed by atoms with Gasteiger partial charge in [-0.1, -0.05) is 12.1 Å². The van der Waals surface area contributed by atoms with Crippen LogP contribution in [0.3, 0.4) is 0 Å². The summed E-state index contributed by atoms with van der Waals surface area (Å²) in [6.45, 7) is 0. The number of hydrogen-bond donors (Lipinski definition) is 2. The largest absolute Gasteiger partial charge is 0.358 e. The summed E-state index contributed by atoms with van der Waals surface area (Å²) in [6, 6.07) is 8.85. The number of aryl methyl sites for hydroxylation is 1. The van der Waals surface area contributed by atoms with E-state index in [0.717, 1.165) is 15.7 Å². The SMILES string of the molecule is CNC(=O)C(c1ccc(Nc2cc(Br)cn(C)c2=O)cc1)N(C)C. The lowest BCUT2D eigenvalue weighted by Gasteiger charge is -2.23. The Bertz CT molecular complexity index is 784. The van der Waals surface area contributed by atoms with Gasteiger partial charge in [0.25, 0.3) is 5.56 Å². The lowest BCUT2D eigenvalue weighted by Crippen LogP contribution is -2.35. The van der Waals surface area contributed by atoms with Crippen molar-refractivity contribution in [2.75, 3.05) is 26.5 Å². The van der Waals surface area contributed by atoms with Gasteiger partial charge >= 0.3 is 0 Å². The molecule has 0 aliphatic rings. The summed E-state index contributed by atoms with van der Waals surface area (Å²) in [7, 11) is 7.04. The van der Waals surface area contributed by atoms with Crippen molar-refractivity contribution >= 4 is 33.2 Å². The number of rotatable bonds is 5. The molecular weight excluding hydrogens is 372 g/mol. The molecular formula is C17H21BrN4O2. The average Bonchev–Trinajstić information content (AvgIpc) is 2.53. The Morgan fingerprint density at radius 2 is 1.88 bits per heavy atom. The highest BCUT2D eigenvalue weighted by Crippen LogP contribution is 2.22. The Labute approximate surface area is 149 Å². The van der Waals surface area contributed by atoms with E-state index >= 15 is 0 Å². The molecule has 6 nitrogen and oxygen atoms in total. The Morgan fingerprint density at radius 1 is 1.25 bits per heavy atom. The van der Waals surface area contributed by atoms with Crippen LogP contribution in [0.1, 0.15) is 11.6 Å². The zero-order chi connectivity index (χ0) is 17.9.